The smallest absolute Gasteiger partial charge is 0.299 e. The molecule has 0 aromatic heterocycles. The van der Waals surface area contributed by atoms with Gasteiger partial charge in [-0.15, -0.1) is 0 Å². The van der Waals surface area contributed by atoms with E-state index in [1.807, 2.05) is 6.92 Å². The Bertz CT molecular complexity index is 539. The molecule has 1 aromatic carbocycles. The summed E-state index contributed by atoms with van der Waals surface area (Å²) in [5.74, 6) is 0. The van der Waals surface area contributed by atoms with Gasteiger partial charge in [0.2, 0.25) is 0 Å². The maximum atomic E-state index is 11.0. The predicted octanol–water partition coefficient (Wildman–Crippen LogP) is 1.46. The van der Waals surface area contributed by atoms with Gasteiger partial charge in [-0.25, -0.2) is 0 Å². The molecule has 0 aliphatic carbocycles. The lowest BCUT2D eigenvalue weighted by Crippen LogP contribution is -2.61. The molecule has 19 heavy (non-hydrogen) atoms. The average Bonchev–Trinajstić information content (AvgIpc) is 2.34. The van der Waals surface area contributed by atoms with Crippen molar-refractivity contribution in [2.75, 3.05) is 18.0 Å². The molecular weight excluding hydrogens is 254 g/mol. The van der Waals surface area contributed by atoms with Crippen LogP contribution in [0.1, 0.15) is 13.3 Å². The molecule has 102 valence electrons. The van der Waals surface area contributed by atoms with Gasteiger partial charge >= 0.3 is 0 Å². The zero-order valence-corrected chi connectivity index (χ0v) is 10.3. The molecule has 1 saturated heterocycles. The van der Waals surface area contributed by atoms with Crippen molar-refractivity contribution in [3.8, 4) is 0 Å². The number of nitrogens with zero attached hydrogens (tertiary/aromatic N) is 3. The summed E-state index contributed by atoms with van der Waals surface area (Å²) in [6.07, 6.45) is 0.560. The van der Waals surface area contributed by atoms with Crippen molar-refractivity contribution in [1.29, 1.82) is 0 Å². The number of aliphatic hydroxyl groups is 1. The minimum absolute atomic E-state index is 0.294. The quantitative estimate of drug-likeness (QED) is 0.653. The highest BCUT2D eigenvalue weighted by atomic mass is 16.6. The van der Waals surface area contributed by atoms with Crippen molar-refractivity contribution in [1.82, 2.24) is 0 Å². The molecule has 2 rings (SSSR count). The largest absolute Gasteiger partial charge is 0.386 e. The summed E-state index contributed by atoms with van der Waals surface area (Å²) in [4.78, 5) is 21.9. The first-order valence-corrected chi connectivity index (χ1v) is 5.76. The number of anilines is 1. The van der Waals surface area contributed by atoms with E-state index in [0.717, 1.165) is 6.07 Å². The van der Waals surface area contributed by atoms with Crippen LogP contribution in [0.4, 0.5) is 17.1 Å². The van der Waals surface area contributed by atoms with Crippen molar-refractivity contribution >= 4 is 17.1 Å². The van der Waals surface area contributed by atoms with E-state index in [1.165, 1.54) is 12.1 Å². The Morgan fingerprint density at radius 2 is 1.95 bits per heavy atom. The summed E-state index contributed by atoms with van der Waals surface area (Å²) in [6.45, 7) is 2.42. The second kappa shape index (κ2) is 4.47. The number of non-ortho nitro benzene ring substituents is 1. The van der Waals surface area contributed by atoms with E-state index in [-0.39, 0.29) is 11.4 Å². The molecule has 0 radical (unpaired) electrons. The van der Waals surface area contributed by atoms with Gasteiger partial charge in [0.25, 0.3) is 11.4 Å². The van der Waals surface area contributed by atoms with Crippen molar-refractivity contribution in [3.63, 3.8) is 0 Å². The maximum absolute atomic E-state index is 11.0. The van der Waals surface area contributed by atoms with Crippen LogP contribution in [0.2, 0.25) is 0 Å². The van der Waals surface area contributed by atoms with Crippen molar-refractivity contribution in [2.24, 2.45) is 0 Å². The molecule has 1 aromatic rings. The first-order valence-electron chi connectivity index (χ1n) is 5.76. The highest BCUT2D eigenvalue weighted by Crippen LogP contribution is 2.37. The molecule has 1 fully saturated rings. The minimum Gasteiger partial charge on any atom is -0.386 e. The molecule has 0 unspecified atom stereocenters. The molecule has 0 bridgehead atoms. The van der Waals surface area contributed by atoms with Crippen LogP contribution in [-0.4, -0.2) is 33.6 Å². The highest BCUT2D eigenvalue weighted by Gasteiger charge is 2.42. The minimum atomic E-state index is -0.824. The fourth-order valence-corrected chi connectivity index (χ4v) is 2.10. The van der Waals surface area contributed by atoms with E-state index in [0.29, 0.717) is 25.2 Å². The molecule has 0 spiro atoms. The number of benzene rings is 1. The highest BCUT2D eigenvalue weighted by molar-refractivity contribution is 5.68. The molecule has 1 aliphatic rings. The van der Waals surface area contributed by atoms with Gasteiger partial charge in [0.1, 0.15) is 5.69 Å². The topological polar surface area (TPSA) is 110 Å². The normalized spacial score (nSPS) is 16.8. The van der Waals surface area contributed by atoms with Gasteiger partial charge in [-0.1, -0.05) is 6.92 Å². The van der Waals surface area contributed by atoms with E-state index in [9.17, 15) is 25.3 Å². The van der Waals surface area contributed by atoms with E-state index in [4.69, 9.17) is 0 Å². The van der Waals surface area contributed by atoms with Gasteiger partial charge in [-0.3, -0.25) is 20.2 Å². The number of β-amino-alcohol motifs (C(OH)–C–C–N with tert-alkyl or cyclic N) is 1. The van der Waals surface area contributed by atoms with Gasteiger partial charge in [-0.05, 0) is 12.5 Å². The van der Waals surface area contributed by atoms with E-state index < -0.39 is 15.4 Å². The van der Waals surface area contributed by atoms with Crippen LogP contribution in [0.15, 0.2) is 18.2 Å². The fraction of sp³-hybridized carbons (Fsp3) is 0.455. The predicted molar refractivity (Wildman–Crippen MR) is 67.2 cm³/mol. The molecule has 0 amide bonds. The Balaban J connectivity index is 2.32. The lowest BCUT2D eigenvalue weighted by Gasteiger charge is -2.47. The first-order chi connectivity index (χ1) is 8.86. The van der Waals surface area contributed by atoms with Gasteiger partial charge in [0, 0.05) is 19.2 Å². The average molecular weight is 267 g/mol. The summed E-state index contributed by atoms with van der Waals surface area (Å²) in [7, 11) is 0. The lowest BCUT2D eigenvalue weighted by atomic mass is 9.90. The van der Waals surface area contributed by atoms with Crippen LogP contribution in [0, 0.1) is 20.2 Å². The SMILES string of the molecule is CCC1(O)CN(c2ccc([N+](=O)[O-])cc2[N+](=O)[O-])C1. The Hall–Kier alpha value is -2.22. The second-order valence-corrected chi connectivity index (χ2v) is 4.62. The van der Waals surface area contributed by atoms with Gasteiger partial charge < -0.3 is 10.0 Å². The molecule has 8 nitrogen and oxygen atoms in total. The Kier molecular flexibility index (Phi) is 3.11. The van der Waals surface area contributed by atoms with Gasteiger partial charge in [-0.2, -0.15) is 0 Å². The Morgan fingerprint density at radius 3 is 2.42 bits per heavy atom. The number of hydrogen-bond acceptors (Lipinski definition) is 6. The number of nitro groups is 2. The number of hydrogen-bond donors (Lipinski definition) is 1. The molecular formula is C11H13N3O5. The molecule has 8 heteroatoms. The third-order valence-electron chi connectivity index (χ3n) is 3.34. The molecule has 1 N–H and O–H groups in total. The zero-order valence-electron chi connectivity index (χ0n) is 10.3. The summed E-state index contributed by atoms with van der Waals surface area (Å²) in [6, 6.07) is 3.52. The van der Waals surface area contributed by atoms with Crippen LogP contribution in [0.25, 0.3) is 0 Å². The van der Waals surface area contributed by atoms with Gasteiger partial charge in [0.15, 0.2) is 0 Å². The van der Waals surface area contributed by atoms with E-state index in [2.05, 4.69) is 0 Å². The molecule has 1 heterocycles. The first kappa shape index (κ1) is 13.2. The fourth-order valence-electron chi connectivity index (χ4n) is 2.10. The number of nitro benzene ring substituents is 2. The van der Waals surface area contributed by atoms with Crippen LogP contribution in [0.3, 0.4) is 0 Å². The zero-order chi connectivity index (χ0) is 14.2. The van der Waals surface area contributed by atoms with E-state index >= 15 is 0 Å². The summed E-state index contributed by atoms with van der Waals surface area (Å²) in [5.41, 5.74) is -1.15. The van der Waals surface area contributed by atoms with Crippen LogP contribution in [-0.2, 0) is 0 Å². The maximum Gasteiger partial charge on any atom is 0.299 e. The van der Waals surface area contributed by atoms with Crippen LogP contribution >= 0.6 is 0 Å². The van der Waals surface area contributed by atoms with E-state index in [1.54, 1.807) is 4.90 Å². The lowest BCUT2D eigenvalue weighted by molar-refractivity contribution is -0.393. The Morgan fingerprint density at radius 1 is 1.32 bits per heavy atom. The number of rotatable bonds is 4. The van der Waals surface area contributed by atoms with Crippen LogP contribution < -0.4 is 4.90 Å². The Labute approximate surface area is 108 Å². The van der Waals surface area contributed by atoms with Crippen molar-refractivity contribution < 1.29 is 15.0 Å². The third-order valence-corrected chi connectivity index (χ3v) is 3.34. The molecule has 0 saturated carbocycles. The molecule has 1 aliphatic heterocycles. The summed E-state index contributed by atoms with van der Waals surface area (Å²) in [5, 5.41) is 31.5. The van der Waals surface area contributed by atoms with Crippen LogP contribution in [0.5, 0.6) is 0 Å². The third kappa shape index (κ3) is 2.34. The van der Waals surface area contributed by atoms with Crippen molar-refractivity contribution in [2.45, 2.75) is 18.9 Å². The van der Waals surface area contributed by atoms with Crippen molar-refractivity contribution in [3.05, 3.63) is 38.4 Å². The standard InChI is InChI=1S/C11H13N3O5/c1-2-11(15)6-12(7-11)9-4-3-8(13(16)17)5-10(9)14(18)19/h3-5,15H,2,6-7H2,1H3. The molecule has 0 atom stereocenters. The summed E-state index contributed by atoms with van der Waals surface area (Å²) >= 11 is 0. The summed E-state index contributed by atoms with van der Waals surface area (Å²) < 4.78 is 0. The monoisotopic (exact) mass is 267 g/mol. The van der Waals surface area contributed by atoms with Gasteiger partial charge in [0.05, 0.1) is 21.5 Å². The second-order valence-electron chi connectivity index (χ2n) is 4.62.